The lowest BCUT2D eigenvalue weighted by molar-refractivity contribution is -0.111. The fraction of sp³-hybridized carbons (Fsp3) is 0.200. The van der Waals surface area contributed by atoms with E-state index in [1.807, 2.05) is 31.2 Å². The Labute approximate surface area is 147 Å². The van der Waals surface area contributed by atoms with Gasteiger partial charge in [0.05, 0.1) is 6.61 Å². The van der Waals surface area contributed by atoms with Crippen molar-refractivity contribution in [3.63, 3.8) is 0 Å². The highest BCUT2D eigenvalue weighted by atomic mass is 16.5. The van der Waals surface area contributed by atoms with Crippen LogP contribution in [0.25, 0.3) is 6.08 Å². The Kier molecular flexibility index (Phi) is 6.34. The van der Waals surface area contributed by atoms with E-state index in [9.17, 15) is 9.59 Å². The van der Waals surface area contributed by atoms with Crippen molar-refractivity contribution >= 4 is 23.6 Å². The second-order valence-electron chi connectivity index (χ2n) is 5.60. The molecule has 0 heterocycles. The molecule has 2 amide bonds. The maximum absolute atomic E-state index is 12.0. The number of benzene rings is 2. The number of carbonyl (C=O) groups is 2. The van der Waals surface area contributed by atoms with E-state index in [2.05, 4.69) is 5.32 Å². The SMILES string of the molecule is CCOc1ccc(C=CC(=O)Nc2ccc(C(=O)N(C)C)cc2)cc1. The lowest BCUT2D eigenvalue weighted by Gasteiger charge is -2.10. The van der Waals surface area contributed by atoms with E-state index >= 15 is 0 Å². The monoisotopic (exact) mass is 338 g/mol. The van der Waals surface area contributed by atoms with Crippen LogP contribution in [0.2, 0.25) is 0 Å². The van der Waals surface area contributed by atoms with Crippen LogP contribution in [0.4, 0.5) is 5.69 Å². The molecule has 0 saturated carbocycles. The van der Waals surface area contributed by atoms with Gasteiger partial charge >= 0.3 is 0 Å². The standard InChI is InChI=1S/C20H22N2O3/c1-4-25-18-12-5-15(6-13-18)7-14-19(23)21-17-10-8-16(9-11-17)20(24)22(2)3/h5-14H,4H2,1-3H3,(H,21,23). The molecular formula is C20H22N2O3. The number of ether oxygens (including phenoxy) is 1. The first-order chi connectivity index (χ1) is 12.0. The van der Waals surface area contributed by atoms with Crippen molar-refractivity contribution < 1.29 is 14.3 Å². The van der Waals surface area contributed by atoms with Gasteiger partial charge in [-0.05, 0) is 55.0 Å². The molecule has 0 aliphatic carbocycles. The number of hydrogen-bond acceptors (Lipinski definition) is 3. The zero-order valence-electron chi connectivity index (χ0n) is 14.7. The highest BCUT2D eigenvalue weighted by Crippen LogP contribution is 2.14. The van der Waals surface area contributed by atoms with Crippen LogP contribution in [-0.4, -0.2) is 37.4 Å². The highest BCUT2D eigenvalue weighted by Gasteiger charge is 2.07. The predicted molar refractivity (Wildman–Crippen MR) is 99.7 cm³/mol. The van der Waals surface area contributed by atoms with E-state index in [4.69, 9.17) is 4.74 Å². The van der Waals surface area contributed by atoms with Crippen molar-refractivity contribution in [3.05, 3.63) is 65.7 Å². The van der Waals surface area contributed by atoms with Gasteiger partial charge in [0.1, 0.15) is 5.75 Å². The summed E-state index contributed by atoms with van der Waals surface area (Å²) in [4.78, 5) is 25.3. The first kappa shape index (κ1) is 18.3. The van der Waals surface area contributed by atoms with E-state index in [0.29, 0.717) is 17.9 Å². The normalized spacial score (nSPS) is 10.5. The molecule has 0 bridgehead atoms. The molecule has 0 aromatic heterocycles. The van der Waals surface area contributed by atoms with Crippen LogP contribution in [0, 0.1) is 0 Å². The summed E-state index contributed by atoms with van der Waals surface area (Å²) in [6.45, 7) is 2.55. The summed E-state index contributed by atoms with van der Waals surface area (Å²) < 4.78 is 5.38. The van der Waals surface area contributed by atoms with E-state index in [1.165, 1.54) is 11.0 Å². The third-order valence-corrected chi connectivity index (χ3v) is 3.42. The maximum Gasteiger partial charge on any atom is 0.253 e. The Balaban J connectivity index is 1.94. The first-order valence-corrected chi connectivity index (χ1v) is 8.03. The highest BCUT2D eigenvalue weighted by molar-refractivity contribution is 6.02. The van der Waals surface area contributed by atoms with Gasteiger partial charge in [-0.2, -0.15) is 0 Å². The van der Waals surface area contributed by atoms with Crippen LogP contribution < -0.4 is 10.1 Å². The van der Waals surface area contributed by atoms with Gasteiger partial charge in [-0.1, -0.05) is 12.1 Å². The van der Waals surface area contributed by atoms with Gasteiger partial charge < -0.3 is 15.0 Å². The van der Waals surface area contributed by atoms with E-state index in [-0.39, 0.29) is 11.8 Å². The molecule has 5 nitrogen and oxygen atoms in total. The van der Waals surface area contributed by atoms with Crippen molar-refractivity contribution in [1.82, 2.24) is 4.90 Å². The molecule has 2 aromatic rings. The number of rotatable bonds is 6. The average Bonchev–Trinajstić information content (AvgIpc) is 2.61. The molecule has 25 heavy (non-hydrogen) atoms. The fourth-order valence-electron chi connectivity index (χ4n) is 2.15. The molecule has 2 aromatic carbocycles. The zero-order chi connectivity index (χ0) is 18.2. The van der Waals surface area contributed by atoms with E-state index in [1.54, 1.807) is 44.4 Å². The molecule has 5 heteroatoms. The average molecular weight is 338 g/mol. The molecule has 0 saturated heterocycles. The molecule has 0 unspecified atom stereocenters. The second-order valence-corrected chi connectivity index (χ2v) is 5.60. The molecule has 0 atom stereocenters. The Hall–Kier alpha value is -3.08. The maximum atomic E-state index is 12.0. The van der Waals surface area contributed by atoms with Crippen molar-refractivity contribution in [2.45, 2.75) is 6.92 Å². The van der Waals surface area contributed by atoms with E-state index < -0.39 is 0 Å². The second kappa shape index (κ2) is 8.68. The van der Waals surface area contributed by atoms with Crippen LogP contribution in [0.5, 0.6) is 5.75 Å². The number of hydrogen-bond donors (Lipinski definition) is 1. The van der Waals surface area contributed by atoms with E-state index in [0.717, 1.165) is 11.3 Å². The van der Waals surface area contributed by atoms with Crippen molar-refractivity contribution in [2.24, 2.45) is 0 Å². The topological polar surface area (TPSA) is 58.6 Å². The van der Waals surface area contributed by atoms with Gasteiger partial charge in [-0.3, -0.25) is 9.59 Å². The van der Waals surface area contributed by atoms with Crippen molar-refractivity contribution in [3.8, 4) is 5.75 Å². The first-order valence-electron chi connectivity index (χ1n) is 8.03. The molecule has 0 aliphatic heterocycles. The van der Waals surface area contributed by atoms with Crippen LogP contribution in [0.15, 0.2) is 54.6 Å². The van der Waals surface area contributed by atoms with Crippen LogP contribution in [-0.2, 0) is 4.79 Å². The van der Waals surface area contributed by atoms with Gasteiger partial charge in [-0.25, -0.2) is 0 Å². The molecule has 2 rings (SSSR count). The minimum Gasteiger partial charge on any atom is -0.494 e. The molecule has 0 aliphatic rings. The summed E-state index contributed by atoms with van der Waals surface area (Å²) in [5.41, 5.74) is 2.12. The smallest absolute Gasteiger partial charge is 0.253 e. The molecule has 0 radical (unpaired) electrons. The summed E-state index contributed by atoms with van der Waals surface area (Å²) in [7, 11) is 3.40. The quantitative estimate of drug-likeness (QED) is 0.821. The van der Waals surface area contributed by atoms with Gasteiger partial charge in [-0.15, -0.1) is 0 Å². The van der Waals surface area contributed by atoms with Crippen molar-refractivity contribution in [2.75, 3.05) is 26.0 Å². The third-order valence-electron chi connectivity index (χ3n) is 3.42. The Morgan fingerprint density at radius 1 is 1.04 bits per heavy atom. The molecular weight excluding hydrogens is 316 g/mol. The predicted octanol–water partition coefficient (Wildman–Crippen LogP) is 3.44. The molecule has 0 fully saturated rings. The number of carbonyl (C=O) groups excluding carboxylic acids is 2. The third kappa shape index (κ3) is 5.49. The molecule has 0 spiro atoms. The zero-order valence-corrected chi connectivity index (χ0v) is 14.7. The van der Waals surface area contributed by atoms with Gasteiger partial charge in [0.15, 0.2) is 0 Å². The van der Waals surface area contributed by atoms with Crippen LogP contribution in [0.1, 0.15) is 22.8 Å². The fourth-order valence-corrected chi connectivity index (χ4v) is 2.15. The van der Waals surface area contributed by atoms with Gasteiger partial charge in [0, 0.05) is 31.4 Å². The lowest BCUT2D eigenvalue weighted by Crippen LogP contribution is -2.21. The Morgan fingerprint density at radius 2 is 1.68 bits per heavy atom. The molecule has 130 valence electrons. The number of amides is 2. The Bertz CT molecular complexity index is 748. The summed E-state index contributed by atoms with van der Waals surface area (Å²) >= 11 is 0. The number of anilines is 1. The lowest BCUT2D eigenvalue weighted by atomic mass is 10.2. The molecule has 1 N–H and O–H groups in total. The van der Waals surface area contributed by atoms with Crippen molar-refractivity contribution in [1.29, 1.82) is 0 Å². The summed E-state index contributed by atoms with van der Waals surface area (Å²) in [5, 5.41) is 2.76. The van der Waals surface area contributed by atoms with Gasteiger partial charge in [0.25, 0.3) is 5.91 Å². The van der Waals surface area contributed by atoms with Crippen LogP contribution >= 0.6 is 0 Å². The summed E-state index contributed by atoms with van der Waals surface area (Å²) in [5.74, 6) is 0.491. The minimum absolute atomic E-state index is 0.0757. The van der Waals surface area contributed by atoms with Gasteiger partial charge in [0.2, 0.25) is 5.91 Å². The number of nitrogens with zero attached hydrogens (tertiary/aromatic N) is 1. The number of nitrogens with one attached hydrogen (secondary N) is 1. The van der Waals surface area contributed by atoms with Crippen LogP contribution in [0.3, 0.4) is 0 Å². The Morgan fingerprint density at radius 3 is 2.24 bits per heavy atom. The summed E-state index contributed by atoms with van der Waals surface area (Å²) in [6.07, 6.45) is 3.20. The minimum atomic E-state index is -0.236. The largest absolute Gasteiger partial charge is 0.494 e. The summed E-state index contributed by atoms with van der Waals surface area (Å²) in [6, 6.07) is 14.3.